The normalized spacial score (nSPS) is 22.6. The Labute approximate surface area is 147 Å². The predicted octanol–water partition coefficient (Wildman–Crippen LogP) is 3.48. The van der Waals surface area contributed by atoms with E-state index in [1.165, 1.54) is 0 Å². The number of aromatic nitrogens is 2. The summed E-state index contributed by atoms with van der Waals surface area (Å²) in [6, 6.07) is 9.07. The Hall–Kier alpha value is -2.23. The maximum atomic E-state index is 12.0. The van der Waals surface area contributed by atoms with Crippen molar-refractivity contribution >= 4 is 45.8 Å². The molecule has 1 unspecified atom stereocenters. The van der Waals surface area contributed by atoms with Gasteiger partial charge >= 0.3 is 5.97 Å². The van der Waals surface area contributed by atoms with Crippen LogP contribution in [-0.2, 0) is 9.53 Å². The number of nitriles is 1. The highest BCUT2D eigenvalue weighted by molar-refractivity contribution is 6.53. The van der Waals surface area contributed by atoms with Gasteiger partial charge in [-0.2, -0.15) is 5.26 Å². The molecule has 1 aliphatic carbocycles. The van der Waals surface area contributed by atoms with Crippen molar-refractivity contribution in [1.29, 1.82) is 5.26 Å². The summed E-state index contributed by atoms with van der Waals surface area (Å²) in [5.74, 6) is -0.821. The summed E-state index contributed by atoms with van der Waals surface area (Å²) in [4.78, 5) is 19.2. The molecule has 0 aliphatic heterocycles. The molecule has 0 saturated heterocycles. The number of nitrogens with zero attached hydrogens (tertiary/aromatic N) is 2. The molecule has 124 valence electrons. The summed E-state index contributed by atoms with van der Waals surface area (Å²) in [6.45, 7) is 1.12. The Bertz CT molecular complexity index is 864. The van der Waals surface area contributed by atoms with E-state index in [0.717, 1.165) is 5.52 Å². The van der Waals surface area contributed by atoms with Gasteiger partial charge in [0.2, 0.25) is 0 Å². The molecule has 6 nitrogen and oxygen atoms in total. The van der Waals surface area contributed by atoms with Gasteiger partial charge in [-0.15, -0.1) is 23.2 Å². The number of benzene rings is 1. The van der Waals surface area contributed by atoms with Crippen molar-refractivity contribution in [2.45, 2.75) is 17.7 Å². The number of para-hydroxylation sites is 2. The summed E-state index contributed by atoms with van der Waals surface area (Å²) >= 11 is 11.8. The first-order valence-electron chi connectivity index (χ1n) is 7.11. The standard InChI is InChI=1S/C16H13Cl2N3O3/c1-15(8-16(15,17)18)14(23)24-7-12(22)9(6-19)13-20-10-4-2-3-5-11(10)21-13/h2-5,22H,7-8H2,1H3,(H,20,21)/b12-9-. The molecule has 1 aliphatic rings. The van der Waals surface area contributed by atoms with Crippen LogP contribution in [0.2, 0.25) is 0 Å². The van der Waals surface area contributed by atoms with Crippen molar-refractivity contribution in [3.05, 3.63) is 35.8 Å². The summed E-state index contributed by atoms with van der Waals surface area (Å²) in [5.41, 5.74) is 0.292. The van der Waals surface area contributed by atoms with Gasteiger partial charge in [0.05, 0.1) is 11.0 Å². The van der Waals surface area contributed by atoms with E-state index in [-0.39, 0.29) is 17.8 Å². The number of halogens is 2. The number of nitrogens with one attached hydrogen (secondary N) is 1. The number of carbonyl (C=O) groups excluding carboxylic acids is 1. The predicted molar refractivity (Wildman–Crippen MR) is 89.4 cm³/mol. The number of allylic oxidation sites excluding steroid dienone is 1. The van der Waals surface area contributed by atoms with Gasteiger partial charge in [-0.05, 0) is 19.1 Å². The Kier molecular flexibility index (Phi) is 3.94. The highest BCUT2D eigenvalue weighted by atomic mass is 35.5. The van der Waals surface area contributed by atoms with Crippen LogP contribution in [0.15, 0.2) is 30.0 Å². The lowest BCUT2D eigenvalue weighted by molar-refractivity contribution is -0.149. The van der Waals surface area contributed by atoms with Gasteiger partial charge in [-0.1, -0.05) is 12.1 Å². The van der Waals surface area contributed by atoms with E-state index < -0.39 is 28.1 Å². The van der Waals surface area contributed by atoms with Crippen LogP contribution in [-0.4, -0.2) is 32.0 Å². The van der Waals surface area contributed by atoms with Gasteiger partial charge in [0.15, 0.2) is 11.6 Å². The first-order chi connectivity index (χ1) is 11.3. The molecule has 2 N–H and O–H groups in total. The zero-order valence-corrected chi connectivity index (χ0v) is 14.1. The van der Waals surface area contributed by atoms with E-state index in [1.54, 1.807) is 19.1 Å². The average molecular weight is 366 g/mol. The molecule has 0 spiro atoms. The minimum Gasteiger partial charge on any atom is -0.507 e. The Balaban J connectivity index is 1.79. The SMILES string of the molecule is CC1(C(=O)OC/C(O)=C(\C#N)c2nc3ccccc3[nH]2)CC1(Cl)Cl. The minimum atomic E-state index is -1.15. The lowest BCUT2D eigenvalue weighted by Gasteiger charge is -2.11. The number of imidazole rings is 1. The van der Waals surface area contributed by atoms with Crippen molar-refractivity contribution in [2.75, 3.05) is 6.61 Å². The summed E-state index contributed by atoms with van der Waals surface area (Å²) in [7, 11) is 0. The molecule has 1 atom stereocenters. The number of aromatic amines is 1. The monoisotopic (exact) mass is 365 g/mol. The van der Waals surface area contributed by atoms with Crippen LogP contribution in [0.1, 0.15) is 19.2 Å². The number of hydrogen-bond acceptors (Lipinski definition) is 5. The largest absolute Gasteiger partial charge is 0.507 e. The molecule has 1 fully saturated rings. The third-order valence-corrected chi connectivity index (χ3v) is 5.18. The second-order valence-electron chi connectivity index (χ2n) is 5.83. The number of esters is 1. The van der Waals surface area contributed by atoms with Crippen LogP contribution in [0.5, 0.6) is 0 Å². The van der Waals surface area contributed by atoms with Crippen molar-refractivity contribution in [3.63, 3.8) is 0 Å². The number of fused-ring (bicyclic) bond motifs is 1. The Morgan fingerprint density at radius 1 is 1.50 bits per heavy atom. The molecule has 8 heteroatoms. The third kappa shape index (κ3) is 2.70. The molecule has 2 aromatic rings. The van der Waals surface area contributed by atoms with Crippen molar-refractivity contribution in [2.24, 2.45) is 5.41 Å². The smallest absolute Gasteiger partial charge is 0.315 e. The molecule has 1 saturated carbocycles. The lowest BCUT2D eigenvalue weighted by atomic mass is 10.1. The van der Waals surface area contributed by atoms with Gasteiger partial charge < -0.3 is 14.8 Å². The molecule has 1 aromatic heterocycles. The van der Waals surface area contributed by atoms with E-state index in [4.69, 9.17) is 27.9 Å². The molecule has 1 aromatic carbocycles. The zero-order chi connectivity index (χ0) is 17.5. The number of alkyl halides is 2. The second-order valence-corrected chi connectivity index (χ2v) is 7.31. The minimum absolute atomic E-state index is 0.0945. The molecular weight excluding hydrogens is 353 g/mol. The van der Waals surface area contributed by atoms with Gasteiger partial charge in [-0.3, -0.25) is 4.79 Å². The van der Waals surface area contributed by atoms with E-state index in [1.807, 2.05) is 18.2 Å². The maximum absolute atomic E-state index is 12.0. The van der Waals surface area contributed by atoms with Crippen molar-refractivity contribution < 1.29 is 14.6 Å². The van der Waals surface area contributed by atoms with Crippen LogP contribution in [0, 0.1) is 16.7 Å². The first kappa shape index (κ1) is 16.6. The van der Waals surface area contributed by atoms with Gasteiger partial charge in [-0.25, -0.2) is 4.98 Å². The van der Waals surface area contributed by atoms with Gasteiger partial charge in [0.1, 0.15) is 28.0 Å². The second kappa shape index (κ2) is 5.69. The number of ether oxygens (including phenoxy) is 1. The lowest BCUT2D eigenvalue weighted by Crippen LogP contribution is -2.22. The van der Waals surface area contributed by atoms with Crippen LogP contribution in [0.4, 0.5) is 0 Å². The number of rotatable bonds is 4. The molecule has 0 radical (unpaired) electrons. The van der Waals surface area contributed by atoms with E-state index in [0.29, 0.717) is 5.52 Å². The number of carbonyl (C=O) groups is 1. The van der Waals surface area contributed by atoms with Gasteiger partial charge in [0.25, 0.3) is 0 Å². The molecular formula is C16H13Cl2N3O3. The molecule has 0 amide bonds. The van der Waals surface area contributed by atoms with Crippen molar-refractivity contribution in [1.82, 2.24) is 9.97 Å². The fourth-order valence-electron chi connectivity index (χ4n) is 2.31. The van der Waals surface area contributed by atoms with E-state index >= 15 is 0 Å². The highest BCUT2D eigenvalue weighted by Gasteiger charge is 2.69. The topological polar surface area (TPSA) is 99.0 Å². The zero-order valence-electron chi connectivity index (χ0n) is 12.6. The Morgan fingerprint density at radius 3 is 2.75 bits per heavy atom. The summed E-state index contributed by atoms with van der Waals surface area (Å²) < 4.78 is 3.88. The molecule has 3 rings (SSSR count). The highest BCUT2D eigenvalue weighted by Crippen LogP contribution is 2.64. The van der Waals surface area contributed by atoms with E-state index in [9.17, 15) is 15.2 Å². The van der Waals surface area contributed by atoms with Gasteiger partial charge in [0, 0.05) is 6.42 Å². The number of aliphatic hydroxyl groups excluding tert-OH is 1. The average Bonchev–Trinajstić information content (AvgIpc) is 2.89. The Morgan fingerprint density at radius 2 is 2.17 bits per heavy atom. The number of aliphatic hydroxyl groups is 1. The number of H-pyrrole nitrogens is 1. The van der Waals surface area contributed by atoms with Crippen LogP contribution in [0.3, 0.4) is 0 Å². The molecule has 1 heterocycles. The van der Waals surface area contributed by atoms with Crippen LogP contribution < -0.4 is 0 Å². The summed E-state index contributed by atoms with van der Waals surface area (Å²) in [6.07, 6.45) is 0.279. The maximum Gasteiger partial charge on any atom is 0.315 e. The van der Waals surface area contributed by atoms with E-state index in [2.05, 4.69) is 9.97 Å². The van der Waals surface area contributed by atoms with Crippen LogP contribution in [0.25, 0.3) is 16.6 Å². The fraction of sp³-hybridized carbons (Fsp3) is 0.312. The first-order valence-corrected chi connectivity index (χ1v) is 7.86. The fourth-order valence-corrected chi connectivity index (χ4v) is 3.00. The molecule has 0 bridgehead atoms. The summed E-state index contributed by atoms with van der Waals surface area (Å²) in [5, 5.41) is 19.4. The third-order valence-electron chi connectivity index (χ3n) is 4.07. The van der Waals surface area contributed by atoms with Crippen LogP contribution >= 0.6 is 23.2 Å². The molecule has 24 heavy (non-hydrogen) atoms. The number of hydrogen-bond donors (Lipinski definition) is 2. The quantitative estimate of drug-likeness (QED) is 0.374. The van der Waals surface area contributed by atoms with Crippen molar-refractivity contribution in [3.8, 4) is 6.07 Å².